The van der Waals surface area contributed by atoms with Crippen molar-refractivity contribution >= 4 is 17.6 Å². The van der Waals surface area contributed by atoms with E-state index in [0.717, 1.165) is 5.57 Å². The first-order chi connectivity index (χ1) is 8.17. The quantitative estimate of drug-likeness (QED) is 0.445. The number of benzene rings is 1. The zero-order chi connectivity index (χ0) is 12.7. The molecule has 92 valence electrons. The summed E-state index contributed by atoms with van der Waals surface area (Å²) < 4.78 is 10.3. The summed E-state index contributed by atoms with van der Waals surface area (Å²) in [7, 11) is 0. The Labute approximate surface area is 106 Å². The Hall–Kier alpha value is -1.48. The molecule has 4 heteroatoms. The van der Waals surface area contributed by atoms with E-state index < -0.39 is 0 Å². The van der Waals surface area contributed by atoms with Crippen LogP contribution in [0.15, 0.2) is 36.4 Å². The Morgan fingerprint density at radius 1 is 1.35 bits per heavy atom. The number of hydrogen-bond acceptors (Lipinski definition) is 3. The van der Waals surface area contributed by atoms with Crippen LogP contribution >= 0.6 is 11.6 Å². The molecule has 1 aromatic carbocycles. The number of hydrogen-bond donors (Lipinski definition) is 0. The van der Waals surface area contributed by atoms with Gasteiger partial charge in [0, 0.05) is 5.88 Å². The molecule has 0 fully saturated rings. The second kappa shape index (κ2) is 6.97. The van der Waals surface area contributed by atoms with Crippen molar-refractivity contribution in [3.8, 4) is 5.75 Å². The van der Waals surface area contributed by atoms with Crippen LogP contribution in [0.2, 0.25) is 0 Å². The molecular formula is C13H15ClO3. The first kappa shape index (κ1) is 13.6. The zero-order valence-corrected chi connectivity index (χ0v) is 10.5. The van der Waals surface area contributed by atoms with E-state index in [4.69, 9.17) is 21.1 Å². The van der Waals surface area contributed by atoms with Gasteiger partial charge in [0.2, 0.25) is 0 Å². The number of carbonyl (C=O) groups excluding carboxylic acids is 1. The summed E-state index contributed by atoms with van der Waals surface area (Å²) in [6.07, 6.45) is 0. The molecule has 0 aromatic heterocycles. The molecule has 0 spiro atoms. The van der Waals surface area contributed by atoms with Crippen molar-refractivity contribution in [2.45, 2.75) is 6.92 Å². The minimum Gasteiger partial charge on any atom is -0.489 e. The van der Waals surface area contributed by atoms with Gasteiger partial charge in [-0.3, -0.25) is 0 Å². The monoisotopic (exact) mass is 254 g/mol. The average molecular weight is 255 g/mol. The lowest BCUT2D eigenvalue weighted by atomic mass is 10.2. The number of ether oxygens (including phenoxy) is 2. The molecule has 0 heterocycles. The molecule has 0 aliphatic heterocycles. The Morgan fingerprint density at radius 2 is 2.00 bits per heavy atom. The summed E-state index contributed by atoms with van der Waals surface area (Å²) in [5.41, 5.74) is 1.32. The van der Waals surface area contributed by atoms with Crippen molar-refractivity contribution in [1.82, 2.24) is 0 Å². The Morgan fingerprint density at radius 3 is 2.53 bits per heavy atom. The molecule has 0 bridgehead atoms. The van der Waals surface area contributed by atoms with Gasteiger partial charge in [-0.1, -0.05) is 6.58 Å². The maximum Gasteiger partial charge on any atom is 0.338 e. The number of esters is 1. The van der Waals surface area contributed by atoms with Crippen LogP contribution in [0.4, 0.5) is 0 Å². The van der Waals surface area contributed by atoms with Gasteiger partial charge in [0.25, 0.3) is 0 Å². The Kier molecular flexibility index (Phi) is 5.57. The van der Waals surface area contributed by atoms with Gasteiger partial charge < -0.3 is 9.47 Å². The highest BCUT2D eigenvalue weighted by Crippen LogP contribution is 2.13. The summed E-state index contributed by atoms with van der Waals surface area (Å²) >= 11 is 5.58. The lowest BCUT2D eigenvalue weighted by molar-refractivity contribution is 0.0526. The molecule has 1 aromatic rings. The van der Waals surface area contributed by atoms with Gasteiger partial charge in [-0.2, -0.15) is 0 Å². The Balaban J connectivity index is 2.56. The largest absolute Gasteiger partial charge is 0.489 e. The fourth-order valence-electron chi connectivity index (χ4n) is 1.13. The van der Waals surface area contributed by atoms with E-state index >= 15 is 0 Å². The highest BCUT2D eigenvalue weighted by molar-refractivity contribution is 6.19. The van der Waals surface area contributed by atoms with Crippen LogP contribution < -0.4 is 4.74 Å². The first-order valence-corrected chi connectivity index (χ1v) is 5.83. The van der Waals surface area contributed by atoms with Crippen LogP contribution in [0.5, 0.6) is 5.75 Å². The number of carbonyl (C=O) groups is 1. The van der Waals surface area contributed by atoms with Gasteiger partial charge in [-0.05, 0) is 36.8 Å². The lowest BCUT2D eigenvalue weighted by Gasteiger charge is -2.07. The van der Waals surface area contributed by atoms with Crippen LogP contribution in [0.1, 0.15) is 17.3 Å². The molecular weight excluding hydrogens is 240 g/mol. The molecule has 0 amide bonds. The maximum atomic E-state index is 11.4. The SMILES string of the molecule is C=C(CCl)COc1ccc(C(=O)OCC)cc1. The second-order valence-electron chi connectivity index (χ2n) is 3.42. The van der Waals surface area contributed by atoms with Crippen molar-refractivity contribution in [3.63, 3.8) is 0 Å². The molecule has 17 heavy (non-hydrogen) atoms. The maximum absolute atomic E-state index is 11.4. The van der Waals surface area contributed by atoms with Crippen molar-refractivity contribution in [3.05, 3.63) is 42.0 Å². The van der Waals surface area contributed by atoms with Crippen LogP contribution in [-0.2, 0) is 4.74 Å². The minimum atomic E-state index is -0.329. The highest BCUT2D eigenvalue weighted by atomic mass is 35.5. The third-order valence-corrected chi connectivity index (χ3v) is 2.38. The molecule has 0 N–H and O–H groups in total. The van der Waals surface area contributed by atoms with E-state index in [1.807, 2.05) is 0 Å². The van der Waals surface area contributed by atoms with E-state index in [2.05, 4.69) is 6.58 Å². The second-order valence-corrected chi connectivity index (χ2v) is 3.68. The summed E-state index contributed by atoms with van der Waals surface area (Å²) in [6, 6.07) is 6.76. The predicted molar refractivity (Wildman–Crippen MR) is 67.8 cm³/mol. The third-order valence-electron chi connectivity index (χ3n) is 2.00. The molecule has 0 atom stereocenters. The highest BCUT2D eigenvalue weighted by Gasteiger charge is 2.05. The zero-order valence-electron chi connectivity index (χ0n) is 9.74. The van der Waals surface area contributed by atoms with E-state index in [9.17, 15) is 4.79 Å². The molecule has 0 saturated carbocycles. The number of halogens is 1. The fraction of sp³-hybridized carbons (Fsp3) is 0.308. The van der Waals surface area contributed by atoms with E-state index in [-0.39, 0.29) is 5.97 Å². The lowest BCUT2D eigenvalue weighted by Crippen LogP contribution is -2.05. The minimum absolute atomic E-state index is 0.329. The van der Waals surface area contributed by atoms with Crippen molar-refractivity contribution in [2.24, 2.45) is 0 Å². The van der Waals surface area contributed by atoms with Crippen LogP contribution in [-0.4, -0.2) is 25.1 Å². The fourth-order valence-corrected chi connectivity index (χ4v) is 1.20. The van der Waals surface area contributed by atoms with Gasteiger partial charge in [-0.25, -0.2) is 4.79 Å². The summed E-state index contributed by atoms with van der Waals surface area (Å²) in [5.74, 6) is 0.717. The smallest absolute Gasteiger partial charge is 0.338 e. The molecule has 1 rings (SSSR count). The summed E-state index contributed by atoms with van der Waals surface area (Å²) in [5, 5.41) is 0. The van der Waals surface area contributed by atoms with E-state index in [1.54, 1.807) is 31.2 Å². The summed E-state index contributed by atoms with van der Waals surface area (Å²) in [6.45, 7) is 6.24. The van der Waals surface area contributed by atoms with Gasteiger partial charge in [-0.15, -0.1) is 11.6 Å². The number of rotatable bonds is 6. The molecule has 0 radical (unpaired) electrons. The summed E-state index contributed by atoms with van der Waals surface area (Å²) in [4.78, 5) is 11.4. The normalized spacial score (nSPS) is 9.76. The molecule has 0 aliphatic carbocycles. The standard InChI is InChI=1S/C13H15ClO3/c1-3-16-13(15)11-4-6-12(7-5-11)17-9-10(2)8-14/h4-7H,2-3,8-9H2,1H3. The first-order valence-electron chi connectivity index (χ1n) is 5.30. The van der Waals surface area contributed by atoms with Gasteiger partial charge in [0.05, 0.1) is 12.2 Å². The predicted octanol–water partition coefficient (Wildman–Crippen LogP) is 3.04. The van der Waals surface area contributed by atoms with Crippen molar-refractivity contribution in [1.29, 1.82) is 0 Å². The van der Waals surface area contributed by atoms with Crippen molar-refractivity contribution in [2.75, 3.05) is 19.1 Å². The third kappa shape index (κ3) is 4.49. The number of alkyl halides is 1. The van der Waals surface area contributed by atoms with Gasteiger partial charge >= 0.3 is 5.97 Å². The van der Waals surface area contributed by atoms with Crippen LogP contribution in [0, 0.1) is 0 Å². The van der Waals surface area contributed by atoms with Crippen LogP contribution in [0.3, 0.4) is 0 Å². The van der Waals surface area contributed by atoms with Gasteiger partial charge in [0.1, 0.15) is 12.4 Å². The van der Waals surface area contributed by atoms with E-state index in [1.165, 1.54) is 0 Å². The average Bonchev–Trinajstić information content (AvgIpc) is 2.36. The topological polar surface area (TPSA) is 35.5 Å². The van der Waals surface area contributed by atoms with Crippen molar-refractivity contribution < 1.29 is 14.3 Å². The molecule has 3 nitrogen and oxygen atoms in total. The van der Waals surface area contributed by atoms with Crippen LogP contribution in [0.25, 0.3) is 0 Å². The van der Waals surface area contributed by atoms with E-state index in [0.29, 0.717) is 30.4 Å². The molecule has 0 unspecified atom stereocenters. The van der Waals surface area contributed by atoms with Gasteiger partial charge in [0.15, 0.2) is 0 Å². The molecule has 0 saturated heterocycles. The molecule has 0 aliphatic rings. The Bertz CT molecular complexity index is 384.